The van der Waals surface area contributed by atoms with Crippen molar-refractivity contribution in [3.05, 3.63) is 52.4 Å². The second-order valence-corrected chi connectivity index (χ2v) is 8.27. The standard InChI is InChI=1S/C14H10Cl5N3O2S/c15-7-3-4-9(8(16)6-7)20-13(25)22-12(14(17,18)19)21-11(23)10-2-1-5-24-10/h1-6,12H,(H,21,23)(H2,20,22,25)/t12-/m1/s1. The summed E-state index contributed by atoms with van der Waals surface area (Å²) < 4.78 is 3.10. The molecule has 2 rings (SSSR count). The number of carbonyl (C=O) groups excluding carboxylic acids is 1. The highest BCUT2D eigenvalue weighted by Gasteiger charge is 2.35. The lowest BCUT2D eigenvalue weighted by Crippen LogP contribution is -2.56. The van der Waals surface area contributed by atoms with E-state index in [0.717, 1.165) is 0 Å². The number of anilines is 1. The van der Waals surface area contributed by atoms with E-state index in [1.54, 1.807) is 24.3 Å². The quantitative estimate of drug-likeness (QED) is 0.340. The fourth-order valence-corrected chi connectivity index (χ4v) is 2.70. The van der Waals surface area contributed by atoms with Crippen LogP contribution in [-0.2, 0) is 0 Å². The Labute approximate surface area is 173 Å². The zero-order valence-corrected chi connectivity index (χ0v) is 16.8. The zero-order chi connectivity index (χ0) is 18.6. The molecular formula is C14H10Cl5N3O2S. The van der Waals surface area contributed by atoms with Crippen LogP contribution in [0, 0.1) is 0 Å². The van der Waals surface area contributed by atoms with E-state index in [1.165, 1.54) is 12.3 Å². The van der Waals surface area contributed by atoms with Crippen molar-refractivity contribution in [1.29, 1.82) is 0 Å². The number of hydrogen-bond acceptors (Lipinski definition) is 3. The number of thiocarbonyl (C=S) groups is 1. The third-order valence-electron chi connectivity index (χ3n) is 2.80. The summed E-state index contributed by atoms with van der Waals surface area (Å²) in [5.74, 6) is -0.526. The van der Waals surface area contributed by atoms with E-state index < -0.39 is 15.9 Å². The van der Waals surface area contributed by atoms with Crippen molar-refractivity contribution in [2.45, 2.75) is 9.96 Å². The highest BCUT2D eigenvalue weighted by atomic mass is 35.6. The van der Waals surface area contributed by atoms with Gasteiger partial charge >= 0.3 is 0 Å². The number of benzene rings is 1. The maximum atomic E-state index is 12.1. The Morgan fingerprint density at radius 3 is 2.44 bits per heavy atom. The van der Waals surface area contributed by atoms with E-state index in [2.05, 4.69) is 16.0 Å². The topological polar surface area (TPSA) is 66.3 Å². The molecule has 0 saturated heterocycles. The maximum absolute atomic E-state index is 12.1. The van der Waals surface area contributed by atoms with Gasteiger partial charge in [-0.3, -0.25) is 4.79 Å². The summed E-state index contributed by atoms with van der Waals surface area (Å²) in [4.78, 5) is 12.1. The van der Waals surface area contributed by atoms with Crippen LogP contribution in [0.4, 0.5) is 5.69 Å². The van der Waals surface area contributed by atoms with Gasteiger partial charge in [-0.25, -0.2) is 0 Å². The maximum Gasteiger partial charge on any atom is 0.288 e. The number of amides is 1. The van der Waals surface area contributed by atoms with Gasteiger partial charge < -0.3 is 20.4 Å². The van der Waals surface area contributed by atoms with Crippen LogP contribution in [0.2, 0.25) is 10.0 Å². The lowest BCUT2D eigenvalue weighted by Gasteiger charge is -2.27. The summed E-state index contributed by atoms with van der Waals surface area (Å²) in [6.07, 6.45) is 0.211. The summed E-state index contributed by atoms with van der Waals surface area (Å²) in [5, 5.41) is 8.90. The molecule has 2 aromatic rings. The molecule has 25 heavy (non-hydrogen) atoms. The third-order valence-corrected chi connectivity index (χ3v) is 4.22. The minimum absolute atomic E-state index is 0.0562. The Morgan fingerprint density at radius 1 is 1.16 bits per heavy atom. The van der Waals surface area contributed by atoms with Crippen LogP contribution in [0.5, 0.6) is 0 Å². The molecule has 11 heteroatoms. The number of hydrogen-bond donors (Lipinski definition) is 3. The summed E-state index contributed by atoms with van der Waals surface area (Å²) in [7, 11) is 0. The van der Waals surface area contributed by atoms with Gasteiger partial charge in [-0.1, -0.05) is 58.0 Å². The van der Waals surface area contributed by atoms with Crippen molar-refractivity contribution in [2.75, 3.05) is 5.32 Å². The minimum Gasteiger partial charge on any atom is -0.459 e. The normalized spacial score (nSPS) is 12.4. The van der Waals surface area contributed by atoms with Crippen LogP contribution in [-0.4, -0.2) is 21.0 Å². The molecule has 134 valence electrons. The highest BCUT2D eigenvalue weighted by molar-refractivity contribution is 7.80. The SMILES string of the molecule is O=C(N[C@H](NC(=S)Nc1ccc(Cl)cc1Cl)C(Cl)(Cl)Cl)c1ccco1. The van der Waals surface area contributed by atoms with E-state index in [-0.39, 0.29) is 10.9 Å². The minimum atomic E-state index is -1.89. The van der Waals surface area contributed by atoms with E-state index in [0.29, 0.717) is 15.7 Å². The van der Waals surface area contributed by atoms with Crippen molar-refractivity contribution >= 4 is 86.9 Å². The molecule has 3 N–H and O–H groups in total. The molecule has 0 spiro atoms. The van der Waals surface area contributed by atoms with Gasteiger partial charge in [0.2, 0.25) is 3.79 Å². The molecule has 0 aliphatic carbocycles. The fourth-order valence-electron chi connectivity index (χ4n) is 1.69. The fraction of sp³-hybridized carbons (Fsp3) is 0.143. The first-order chi connectivity index (χ1) is 11.7. The molecule has 5 nitrogen and oxygen atoms in total. The number of rotatable bonds is 4. The number of alkyl halides is 3. The lowest BCUT2D eigenvalue weighted by molar-refractivity contribution is 0.0906. The van der Waals surface area contributed by atoms with Crippen LogP contribution >= 0.6 is 70.2 Å². The van der Waals surface area contributed by atoms with E-state index >= 15 is 0 Å². The van der Waals surface area contributed by atoms with Gasteiger partial charge in [0.15, 0.2) is 10.9 Å². The molecule has 0 radical (unpaired) electrons. The summed E-state index contributed by atoms with van der Waals surface area (Å²) in [5.41, 5.74) is 0.490. The summed E-state index contributed by atoms with van der Waals surface area (Å²) in [6, 6.07) is 7.82. The molecule has 1 amide bonds. The van der Waals surface area contributed by atoms with Gasteiger partial charge in [-0.15, -0.1) is 0 Å². The van der Waals surface area contributed by atoms with E-state index in [9.17, 15) is 4.79 Å². The number of halogens is 5. The van der Waals surface area contributed by atoms with Crippen molar-refractivity contribution in [2.24, 2.45) is 0 Å². The van der Waals surface area contributed by atoms with Crippen molar-refractivity contribution in [3.63, 3.8) is 0 Å². The van der Waals surface area contributed by atoms with Crippen molar-refractivity contribution in [1.82, 2.24) is 10.6 Å². The average molecular weight is 462 g/mol. The molecule has 0 bridgehead atoms. The second-order valence-electron chi connectivity index (χ2n) is 4.65. The first-order valence-electron chi connectivity index (χ1n) is 6.60. The molecule has 1 aromatic carbocycles. The van der Waals surface area contributed by atoms with Gasteiger partial charge in [0.1, 0.15) is 6.17 Å². The van der Waals surface area contributed by atoms with Gasteiger partial charge in [0, 0.05) is 5.02 Å². The predicted octanol–water partition coefficient (Wildman–Crippen LogP) is 5.00. The Balaban J connectivity index is 2.06. The first-order valence-corrected chi connectivity index (χ1v) is 8.90. The van der Waals surface area contributed by atoms with Crippen LogP contribution in [0.25, 0.3) is 0 Å². The average Bonchev–Trinajstić information content (AvgIpc) is 3.03. The molecule has 0 unspecified atom stereocenters. The Bertz CT molecular complexity index is 764. The van der Waals surface area contributed by atoms with E-state index in [4.69, 9.17) is 74.6 Å². The van der Waals surface area contributed by atoms with Crippen LogP contribution < -0.4 is 16.0 Å². The van der Waals surface area contributed by atoms with Gasteiger partial charge in [-0.2, -0.15) is 0 Å². The Morgan fingerprint density at radius 2 is 1.88 bits per heavy atom. The summed E-state index contributed by atoms with van der Waals surface area (Å²) in [6.45, 7) is 0. The summed E-state index contributed by atoms with van der Waals surface area (Å²) >= 11 is 34.7. The molecule has 1 aromatic heterocycles. The van der Waals surface area contributed by atoms with Gasteiger partial charge in [-0.05, 0) is 42.5 Å². The molecule has 0 saturated carbocycles. The highest BCUT2D eigenvalue weighted by Crippen LogP contribution is 2.30. The Kier molecular flexibility index (Phi) is 7.08. The van der Waals surface area contributed by atoms with Crippen molar-refractivity contribution < 1.29 is 9.21 Å². The van der Waals surface area contributed by atoms with Crippen LogP contribution in [0.3, 0.4) is 0 Å². The molecular weight excluding hydrogens is 452 g/mol. The van der Waals surface area contributed by atoms with Crippen LogP contribution in [0.1, 0.15) is 10.6 Å². The molecule has 0 fully saturated rings. The second kappa shape index (κ2) is 8.66. The first kappa shape index (κ1) is 20.4. The van der Waals surface area contributed by atoms with Gasteiger partial charge in [0.25, 0.3) is 5.91 Å². The molecule has 1 heterocycles. The largest absolute Gasteiger partial charge is 0.459 e. The predicted molar refractivity (Wildman–Crippen MR) is 106 cm³/mol. The third kappa shape index (κ3) is 6.09. The monoisotopic (exact) mass is 459 g/mol. The number of furan rings is 1. The Hall–Kier alpha value is -0.890. The molecule has 0 aliphatic rings. The van der Waals surface area contributed by atoms with Crippen molar-refractivity contribution in [3.8, 4) is 0 Å². The van der Waals surface area contributed by atoms with Gasteiger partial charge in [0.05, 0.1) is 17.0 Å². The number of nitrogens with one attached hydrogen (secondary N) is 3. The smallest absolute Gasteiger partial charge is 0.288 e. The molecule has 0 aliphatic heterocycles. The zero-order valence-electron chi connectivity index (χ0n) is 12.2. The number of carbonyl (C=O) groups is 1. The van der Waals surface area contributed by atoms with E-state index in [1.807, 2.05) is 0 Å². The lowest BCUT2D eigenvalue weighted by atomic mass is 10.3. The molecule has 1 atom stereocenters. The van der Waals surface area contributed by atoms with Crippen LogP contribution in [0.15, 0.2) is 41.0 Å².